The normalized spacial score (nSPS) is 21.2. The minimum absolute atomic E-state index is 0.531. The van der Waals surface area contributed by atoms with E-state index >= 15 is 0 Å². The van der Waals surface area contributed by atoms with E-state index in [4.69, 9.17) is 0 Å². The van der Waals surface area contributed by atoms with Crippen LogP contribution >= 0.6 is 33.9 Å². The fourth-order valence-electron chi connectivity index (χ4n) is 2.29. The third kappa shape index (κ3) is 4.01. The van der Waals surface area contributed by atoms with Crippen LogP contribution in [0.25, 0.3) is 0 Å². The summed E-state index contributed by atoms with van der Waals surface area (Å²) in [6.45, 7) is 0.982. The Bertz CT molecular complexity index is 405. The molecule has 2 rings (SSSR count). The fourth-order valence-corrected chi connectivity index (χ4v) is 4.96. The second kappa shape index (κ2) is 6.63. The molecule has 2 unspecified atom stereocenters. The van der Waals surface area contributed by atoms with Crippen LogP contribution in [0.3, 0.4) is 0 Å². The first-order valence-corrected chi connectivity index (χ1v) is 9.60. The highest BCUT2D eigenvalue weighted by molar-refractivity contribution is 14.1. The van der Waals surface area contributed by atoms with Gasteiger partial charge in [-0.3, -0.25) is 4.21 Å². The van der Waals surface area contributed by atoms with Gasteiger partial charge in [0.15, 0.2) is 0 Å². The number of fused-ring (bicyclic) bond motifs is 1. The Balaban J connectivity index is 1.88. The molecule has 2 nitrogen and oxygen atoms in total. The summed E-state index contributed by atoms with van der Waals surface area (Å²) in [5.74, 6) is 0.813. The number of nitrogens with one attached hydrogen (secondary N) is 1. The van der Waals surface area contributed by atoms with Crippen molar-refractivity contribution in [2.45, 2.75) is 31.7 Å². The second-order valence-electron chi connectivity index (χ2n) is 4.46. The number of halogens is 1. The predicted molar refractivity (Wildman–Crippen MR) is 84.3 cm³/mol. The lowest BCUT2D eigenvalue weighted by Crippen LogP contribution is -2.26. The maximum absolute atomic E-state index is 11.0. The largest absolute Gasteiger partial charge is 0.310 e. The van der Waals surface area contributed by atoms with Gasteiger partial charge >= 0.3 is 0 Å². The maximum atomic E-state index is 11.0. The van der Waals surface area contributed by atoms with E-state index < -0.39 is 10.8 Å². The average molecular weight is 383 g/mol. The van der Waals surface area contributed by atoms with Crippen LogP contribution in [0, 0.1) is 2.88 Å². The SMILES string of the molecule is CS(=O)CCCNC1CCCc2sc(I)cc21. The standard InChI is InChI=1S/C12H18INOS2/c1-17(15)7-3-6-14-10-4-2-5-11-9(10)8-12(13)16-11/h8,10,14H,2-7H2,1H3. The molecule has 0 spiro atoms. The molecule has 2 atom stereocenters. The van der Waals surface area contributed by atoms with Crippen molar-refractivity contribution in [3.63, 3.8) is 0 Å². The van der Waals surface area contributed by atoms with E-state index in [9.17, 15) is 4.21 Å². The molecular weight excluding hydrogens is 365 g/mol. The van der Waals surface area contributed by atoms with Crippen molar-refractivity contribution in [3.05, 3.63) is 19.4 Å². The van der Waals surface area contributed by atoms with Gasteiger partial charge in [0.1, 0.15) is 0 Å². The molecule has 1 heterocycles. The number of rotatable bonds is 5. The Kier molecular flexibility index (Phi) is 5.45. The van der Waals surface area contributed by atoms with Crippen molar-refractivity contribution in [2.75, 3.05) is 18.6 Å². The third-order valence-corrected chi connectivity index (χ3v) is 5.92. The van der Waals surface area contributed by atoms with Crippen molar-refractivity contribution in [3.8, 4) is 0 Å². The molecule has 0 bridgehead atoms. The van der Waals surface area contributed by atoms with Crippen LogP contribution in [-0.2, 0) is 17.2 Å². The Hall–Kier alpha value is 0.540. The highest BCUT2D eigenvalue weighted by atomic mass is 127. The zero-order chi connectivity index (χ0) is 12.3. The molecule has 96 valence electrons. The minimum atomic E-state index is -0.652. The van der Waals surface area contributed by atoms with Crippen LogP contribution in [-0.4, -0.2) is 22.8 Å². The van der Waals surface area contributed by atoms with Gasteiger partial charge in [0.25, 0.3) is 0 Å². The molecule has 0 aromatic carbocycles. The van der Waals surface area contributed by atoms with E-state index in [1.165, 1.54) is 27.7 Å². The fraction of sp³-hybridized carbons (Fsp3) is 0.667. The summed E-state index contributed by atoms with van der Waals surface area (Å²) in [5, 5.41) is 3.62. The Morgan fingerprint density at radius 1 is 1.65 bits per heavy atom. The lowest BCUT2D eigenvalue weighted by molar-refractivity contribution is 0.464. The first-order valence-electron chi connectivity index (χ1n) is 5.98. The molecule has 5 heteroatoms. The molecule has 1 N–H and O–H groups in total. The smallest absolute Gasteiger partial charge is 0.0659 e. The average Bonchev–Trinajstić information content (AvgIpc) is 2.65. The van der Waals surface area contributed by atoms with E-state index in [1.54, 1.807) is 11.1 Å². The molecule has 17 heavy (non-hydrogen) atoms. The van der Waals surface area contributed by atoms with Crippen LogP contribution in [0.15, 0.2) is 6.07 Å². The van der Waals surface area contributed by atoms with E-state index in [1.807, 2.05) is 11.3 Å². The van der Waals surface area contributed by atoms with Gasteiger partial charge in [-0.05, 0) is 66.4 Å². The maximum Gasteiger partial charge on any atom is 0.0659 e. The van der Waals surface area contributed by atoms with Crippen molar-refractivity contribution in [2.24, 2.45) is 0 Å². The molecule has 0 saturated heterocycles. The van der Waals surface area contributed by atoms with Gasteiger partial charge in [0.2, 0.25) is 0 Å². The van der Waals surface area contributed by atoms with Crippen LogP contribution in [0.1, 0.15) is 35.7 Å². The van der Waals surface area contributed by atoms with Crippen LogP contribution in [0.2, 0.25) is 0 Å². The first-order chi connectivity index (χ1) is 8.16. The van der Waals surface area contributed by atoms with Gasteiger partial charge < -0.3 is 5.32 Å². The Morgan fingerprint density at radius 2 is 2.47 bits per heavy atom. The van der Waals surface area contributed by atoms with Gasteiger partial charge in [0.05, 0.1) is 2.88 Å². The molecule has 0 amide bonds. The highest BCUT2D eigenvalue weighted by Crippen LogP contribution is 2.36. The third-order valence-electron chi connectivity index (χ3n) is 3.08. The van der Waals surface area contributed by atoms with Gasteiger partial charge in [-0.1, -0.05) is 0 Å². The summed E-state index contributed by atoms with van der Waals surface area (Å²) in [6.07, 6.45) is 6.58. The number of aryl methyl sites for hydroxylation is 1. The quantitative estimate of drug-likeness (QED) is 0.626. The molecule has 1 aromatic rings. The minimum Gasteiger partial charge on any atom is -0.310 e. The number of hydrogen-bond donors (Lipinski definition) is 1. The summed E-state index contributed by atoms with van der Waals surface area (Å²) in [6, 6.07) is 2.86. The van der Waals surface area contributed by atoms with Crippen LogP contribution < -0.4 is 5.32 Å². The van der Waals surface area contributed by atoms with Crippen LogP contribution in [0.4, 0.5) is 0 Å². The summed E-state index contributed by atoms with van der Waals surface area (Å²) in [7, 11) is -0.652. The lowest BCUT2D eigenvalue weighted by atomic mass is 9.94. The highest BCUT2D eigenvalue weighted by Gasteiger charge is 2.21. The molecule has 0 radical (unpaired) electrons. The van der Waals surface area contributed by atoms with Crippen molar-refractivity contribution in [1.82, 2.24) is 5.32 Å². The van der Waals surface area contributed by atoms with Gasteiger partial charge in [0, 0.05) is 33.7 Å². The molecular formula is C12H18INOS2. The zero-order valence-corrected chi connectivity index (χ0v) is 13.8. The summed E-state index contributed by atoms with van der Waals surface area (Å²) >= 11 is 4.35. The van der Waals surface area contributed by atoms with Gasteiger partial charge in [-0.2, -0.15) is 0 Å². The number of hydrogen-bond acceptors (Lipinski definition) is 3. The van der Waals surface area contributed by atoms with Crippen molar-refractivity contribution in [1.29, 1.82) is 0 Å². The van der Waals surface area contributed by atoms with E-state index in [0.717, 1.165) is 18.7 Å². The molecule has 1 aromatic heterocycles. The molecule has 0 aliphatic heterocycles. The molecule has 0 fully saturated rings. The number of thiophene rings is 1. The summed E-state index contributed by atoms with van der Waals surface area (Å²) in [5.41, 5.74) is 1.52. The second-order valence-corrected chi connectivity index (χ2v) is 9.04. The Labute approximate surface area is 123 Å². The molecule has 1 aliphatic rings. The lowest BCUT2D eigenvalue weighted by Gasteiger charge is -2.23. The zero-order valence-electron chi connectivity index (χ0n) is 10.0. The van der Waals surface area contributed by atoms with Gasteiger partial charge in [-0.25, -0.2) is 0 Å². The van der Waals surface area contributed by atoms with Crippen molar-refractivity contribution < 1.29 is 4.21 Å². The van der Waals surface area contributed by atoms with E-state index in [2.05, 4.69) is 34.0 Å². The van der Waals surface area contributed by atoms with Crippen LogP contribution in [0.5, 0.6) is 0 Å². The Morgan fingerprint density at radius 3 is 3.24 bits per heavy atom. The molecule has 0 saturated carbocycles. The topological polar surface area (TPSA) is 29.1 Å². The van der Waals surface area contributed by atoms with Gasteiger partial charge in [-0.15, -0.1) is 11.3 Å². The van der Waals surface area contributed by atoms with E-state index in [-0.39, 0.29) is 0 Å². The first kappa shape index (κ1) is 14.0. The van der Waals surface area contributed by atoms with Crippen molar-refractivity contribution >= 4 is 44.7 Å². The molecule has 1 aliphatic carbocycles. The summed E-state index contributed by atoms with van der Waals surface area (Å²) < 4.78 is 12.4. The summed E-state index contributed by atoms with van der Waals surface area (Å²) in [4.78, 5) is 1.57. The predicted octanol–water partition coefficient (Wildman–Crippen LogP) is 3.09. The monoisotopic (exact) mass is 383 g/mol. The van der Waals surface area contributed by atoms with E-state index in [0.29, 0.717) is 6.04 Å².